The fourth-order valence-electron chi connectivity index (χ4n) is 2.13. The second kappa shape index (κ2) is 5.29. The first-order valence-corrected chi connectivity index (χ1v) is 6.32. The van der Waals surface area contributed by atoms with E-state index in [4.69, 9.17) is 17.2 Å². The molecule has 0 fully saturated rings. The maximum absolute atomic E-state index is 13.1. The van der Waals surface area contributed by atoms with Gasteiger partial charge in [-0.25, -0.2) is 0 Å². The summed E-state index contributed by atoms with van der Waals surface area (Å²) >= 11 is 0. The number of anilines is 2. The molecule has 6 N–H and O–H groups in total. The summed E-state index contributed by atoms with van der Waals surface area (Å²) in [4.78, 5) is 0. The number of hydrogen-bond donors (Lipinski definition) is 3. The SMILES string of the molecule is CC(N)c1cc(-c2ccc(N)cc2)cc(C(F)(F)F)c1N. The van der Waals surface area contributed by atoms with Crippen LogP contribution >= 0.6 is 0 Å². The van der Waals surface area contributed by atoms with Gasteiger partial charge >= 0.3 is 6.18 Å². The Bertz CT molecular complexity index is 646. The molecule has 2 aromatic carbocycles. The average molecular weight is 295 g/mol. The first kappa shape index (κ1) is 15.2. The van der Waals surface area contributed by atoms with Crippen LogP contribution in [-0.2, 0) is 6.18 Å². The summed E-state index contributed by atoms with van der Waals surface area (Å²) in [5, 5.41) is 0. The van der Waals surface area contributed by atoms with Gasteiger partial charge in [-0.1, -0.05) is 12.1 Å². The van der Waals surface area contributed by atoms with Crippen molar-refractivity contribution in [1.29, 1.82) is 0 Å². The normalized spacial score (nSPS) is 13.2. The Morgan fingerprint density at radius 3 is 2.00 bits per heavy atom. The predicted molar refractivity (Wildman–Crippen MR) is 78.3 cm³/mol. The zero-order valence-electron chi connectivity index (χ0n) is 11.4. The quantitative estimate of drug-likeness (QED) is 0.741. The number of hydrogen-bond acceptors (Lipinski definition) is 3. The molecule has 0 aliphatic rings. The van der Waals surface area contributed by atoms with Crippen LogP contribution in [0.1, 0.15) is 24.1 Å². The van der Waals surface area contributed by atoms with Crippen LogP contribution in [0.2, 0.25) is 0 Å². The minimum absolute atomic E-state index is 0.275. The Labute approximate surface area is 120 Å². The second-order valence-corrected chi connectivity index (χ2v) is 4.94. The summed E-state index contributed by atoms with van der Waals surface area (Å²) in [5.41, 5.74) is 17.6. The molecule has 0 aromatic heterocycles. The van der Waals surface area contributed by atoms with Gasteiger partial charge < -0.3 is 17.2 Å². The van der Waals surface area contributed by atoms with Crippen molar-refractivity contribution in [2.45, 2.75) is 19.1 Å². The van der Waals surface area contributed by atoms with Crippen molar-refractivity contribution in [3.05, 3.63) is 47.5 Å². The van der Waals surface area contributed by atoms with Gasteiger partial charge in [0.05, 0.1) is 5.56 Å². The standard InChI is InChI=1S/C15H16F3N3/c1-8(19)12-6-10(9-2-4-11(20)5-3-9)7-13(14(12)21)15(16,17)18/h2-8H,19-21H2,1H3. The van der Waals surface area contributed by atoms with E-state index >= 15 is 0 Å². The van der Waals surface area contributed by atoms with Crippen LogP contribution in [-0.4, -0.2) is 0 Å². The Hall–Kier alpha value is -2.21. The molecule has 0 heterocycles. The van der Waals surface area contributed by atoms with Gasteiger partial charge in [-0.3, -0.25) is 0 Å². The van der Waals surface area contributed by atoms with Crippen LogP contribution in [0, 0.1) is 0 Å². The van der Waals surface area contributed by atoms with E-state index < -0.39 is 17.8 Å². The zero-order chi connectivity index (χ0) is 15.8. The lowest BCUT2D eigenvalue weighted by Crippen LogP contribution is -2.15. The minimum atomic E-state index is -4.53. The van der Waals surface area contributed by atoms with E-state index in [1.807, 2.05) is 0 Å². The topological polar surface area (TPSA) is 78.1 Å². The highest BCUT2D eigenvalue weighted by Gasteiger charge is 2.34. The Kier molecular flexibility index (Phi) is 3.82. The van der Waals surface area contributed by atoms with Gasteiger partial charge in [-0.15, -0.1) is 0 Å². The number of nitrogens with two attached hydrogens (primary N) is 3. The molecule has 0 radical (unpaired) electrons. The maximum Gasteiger partial charge on any atom is 0.418 e. The summed E-state index contributed by atoms with van der Waals surface area (Å²) < 4.78 is 39.3. The molecule has 0 spiro atoms. The molecule has 21 heavy (non-hydrogen) atoms. The highest BCUT2D eigenvalue weighted by atomic mass is 19.4. The lowest BCUT2D eigenvalue weighted by molar-refractivity contribution is -0.136. The van der Waals surface area contributed by atoms with E-state index in [0.29, 0.717) is 16.8 Å². The summed E-state index contributed by atoms with van der Waals surface area (Å²) in [6.07, 6.45) is -4.53. The smallest absolute Gasteiger partial charge is 0.399 e. The van der Waals surface area contributed by atoms with Crippen LogP contribution in [0.25, 0.3) is 11.1 Å². The molecular weight excluding hydrogens is 279 g/mol. The van der Waals surface area contributed by atoms with Gasteiger partial charge in [0.25, 0.3) is 0 Å². The first-order valence-electron chi connectivity index (χ1n) is 6.32. The number of halogens is 3. The third-order valence-corrected chi connectivity index (χ3v) is 3.25. The molecule has 0 bridgehead atoms. The van der Waals surface area contributed by atoms with Crippen molar-refractivity contribution >= 4 is 11.4 Å². The molecule has 0 aliphatic carbocycles. The number of rotatable bonds is 2. The summed E-state index contributed by atoms with van der Waals surface area (Å²) in [7, 11) is 0. The van der Waals surface area contributed by atoms with Crippen molar-refractivity contribution in [2.75, 3.05) is 11.5 Å². The predicted octanol–water partition coefficient (Wildman–Crippen LogP) is 3.56. The number of benzene rings is 2. The third-order valence-electron chi connectivity index (χ3n) is 3.25. The van der Waals surface area contributed by atoms with Crippen LogP contribution in [0.15, 0.2) is 36.4 Å². The molecular formula is C15H16F3N3. The molecule has 112 valence electrons. The summed E-state index contributed by atoms with van der Waals surface area (Å²) in [5.74, 6) is 0. The molecule has 0 saturated heterocycles. The van der Waals surface area contributed by atoms with Gasteiger partial charge in [-0.05, 0) is 47.9 Å². The van der Waals surface area contributed by atoms with Gasteiger partial charge in [0.1, 0.15) is 0 Å². The van der Waals surface area contributed by atoms with Gasteiger partial charge in [-0.2, -0.15) is 13.2 Å². The Morgan fingerprint density at radius 2 is 1.52 bits per heavy atom. The maximum atomic E-state index is 13.1. The molecule has 2 rings (SSSR count). The molecule has 3 nitrogen and oxygen atoms in total. The molecule has 0 aliphatic heterocycles. The zero-order valence-corrected chi connectivity index (χ0v) is 11.4. The van der Waals surface area contributed by atoms with E-state index in [0.717, 1.165) is 6.07 Å². The fraction of sp³-hybridized carbons (Fsp3) is 0.200. The fourth-order valence-corrected chi connectivity index (χ4v) is 2.13. The van der Waals surface area contributed by atoms with E-state index in [9.17, 15) is 13.2 Å². The van der Waals surface area contributed by atoms with Crippen molar-refractivity contribution in [2.24, 2.45) is 5.73 Å². The molecule has 1 unspecified atom stereocenters. The number of alkyl halides is 3. The molecule has 2 aromatic rings. The molecule has 1 atom stereocenters. The largest absolute Gasteiger partial charge is 0.418 e. The molecule has 0 amide bonds. The van der Waals surface area contributed by atoms with E-state index in [-0.39, 0.29) is 11.3 Å². The van der Waals surface area contributed by atoms with Gasteiger partial charge in [0.2, 0.25) is 0 Å². The van der Waals surface area contributed by atoms with E-state index in [1.54, 1.807) is 37.3 Å². The average Bonchev–Trinajstić information content (AvgIpc) is 2.38. The van der Waals surface area contributed by atoms with Crippen LogP contribution < -0.4 is 17.2 Å². The summed E-state index contributed by atoms with van der Waals surface area (Å²) in [6, 6.07) is 8.60. The minimum Gasteiger partial charge on any atom is -0.399 e. The molecule has 0 saturated carbocycles. The van der Waals surface area contributed by atoms with Crippen LogP contribution in [0.5, 0.6) is 0 Å². The highest BCUT2D eigenvalue weighted by Crippen LogP contribution is 2.39. The van der Waals surface area contributed by atoms with Crippen LogP contribution in [0.4, 0.5) is 24.5 Å². The monoisotopic (exact) mass is 295 g/mol. The van der Waals surface area contributed by atoms with Crippen molar-refractivity contribution < 1.29 is 13.2 Å². The first-order chi connectivity index (χ1) is 9.70. The van der Waals surface area contributed by atoms with Crippen molar-refractivity contribution in [3.8, 4) is 11.1 Å². The van der Waals surface area contributed by atoms with Crippen LogP contribution in [0.3, 0.4) is 0 Å². The third kappa shape index (κ3) is 3.11. The lowest BCUT2D eigenvalue weighted by Gasteiger charge is -2.18. The Morgan fingerprint density at radius 1 is 0.952 bits per heavy atom. The van der Waals surface area contributed by atoms with Gasteiger partial charge in [0, 0.05) is 17.4 Å². The lowest BCUT2D eigenvalue weighted by atomic mass is 9.94. The second-order valence-electron chi connectivity index (χ2n) is 4.94. The van der Waals surface area contributed by atoms with E-state index in [2.05, 4.69) is 0 Å². The number of nitrogen functional groups attached to an aromatic ring is 2. The summed E-state index contributed by atoms with van der Waals surface area (Å²) in [6.45, 7) is 1.60. The van der Waals surface area contributed by atoms with Gasteiger partial charge in [0.15, 0.2) is 0 Å². The molecule has 6 heteroatoms. The Balaban J connectivity index is 2.67. The van der Waals surface area contributed by atoms with Crippen molar-refractivity contribution in [3.63, 3.8) is 0 Å². The van der Waals surface area contributed by atoms with Crippen molar-refractivity contribution in [1.82, 2.24) is 0 Å². The van der Waals surface area contributed by atoms with E-state index in [1.165, 1.54) is 0 Å². The highest BCUT2D eigenvalue weighted by molar-refractivity contribution is 5.72.